The number of aliphatic carboxylic acids is 1. The van der Waals surface area contributed by atoms with Crippen molar-refractivity contribution in [3.05, 3.63) is 29.8 Å². The SMILES string of the molecule is CCNC(=S)N/N=C(/C)c1cccc(OCC(=O)O)c1. The van der Waals surface area contributed by atoms with E-state index in [1.807, 2.05) is 19.9 Å². The van der Waals surface area contributed by atoms with Gasteiger partial charge in [0, 0.05) is 12.1 Å². The van der Waals surface area contributed by atoms with E-state index in [2.05, 4.69) is 15.8 Å². The molecule has 108 valence electrons. The van der Waals surface area contributed by atoms with Crippen molar-refractivity contribution in [3.63, 3.8) is 0 Å². The van der Waals surface area contributed by atoms with Crippen LogP contribution >= 0.6 is 12.2 Å². The number of hydrogen-bond donors (Lipinski definition) is 3. The average Bonchev–Trinajstić information content (AvgIpc) is 2.43. The van der Waals surface area contributed by atoms with Crippen LogP contribution in [-0.4, -0.2) is 35.1 Å². The van der Waals surface area contributed by atoms with Crippen LogP contribution in [0.3, 0.4) is 0 Å². The normalized spacial score (nSPS) is 10.8. The van der Waals surface area contributed by atoms with Crippen LogP contribution < -0.4 is 15.5 Å². The predicted molar refractivity (Wildman–Crippen MR) is 81.2 cm³/mol. The van der Waals surface area contributed by atoms with Gasteiger partial charge >= 0.3 is 5.97 Å². The van der Waals surface area contributed by atoms with Crippen LogP contribution in [0.2, 0.25) is 0 Å². The highest BCUT2D eigenvalue weighted by Gasteiger charge is 2.03. The molecule has 1 aromatic rings. The number of ether oxygens (including phenoxy) is 1. The van der Waals surface area contributed by atoms with E-state index >= 15 is 0 Å². The Balaban J connectivity index is 2.70. The number of carbonyl (C=O) groups is 1. The second kappa shape index (κ2) is 8.11. The molecule has 0 aliphatic heterocycles. The minimum atomic E-state index is -1.02. The van der Waals surface area contributed by atoms with Crippen LogP contribution in [0.1, 0.15) is 19.4 Å². The number of benzene rings is 1. The fourth-order valence-corrected chi connectivity index (χ4v) is 1.55. The summed E-state index contributed by atoms with van der Waals surface area (Å²) in [6.07, 6.45) is 0. The molecule has 7 heteroatoms. The van der Waals surface area contributed by atoms with E-state index in [4.69, 9.17) is 22.1 Å². The zero-order valence-corrected chi connectivity index (χ0v) is 12.2. The van der Waals surface area contributed by atoms with Crippen LogP contribution in [0.15, 0.2) is 29.4 Å². The predicted octanol–water partition coefficient (Wildman–Crippen LogP) is 1.36. The van der Waals surface area contributed by atoms with Gasteiger partial charge in [-0.05, 0) is 38.2 Å². The van der Waals surface area contributed by atoms with E-state index in [9.17, 15) is 4.79 Å². The van der Waals surface area contributed by atoms with Gasteiger partial charge in [-0.1, -0.05) is 12.1 Å². The molecule has 0 bridgehead atoms. The van der Waals surface area contributed by atoms with E-state index in [-0.39, 0.29) is 6.61 Å². The number of hydrogen-bond acceptors (Lipinski definition) is 4. The molecule has 1 aromatic carbocycles. The van der Waals surface area contributed by atoms with E-state index in [0.717, 1.165) is 12.1 Å². The molecule has 0 fully saturated rings. The summed E-state index contributed by atoms with van der Waals surface area (Å²) >= 11 is 5.00. The number of carboxylic acid groups (broad SMARTS) is 1. The van der Waals surface area contributed by atoms with Crippen molar-refractivity contribution in [3.8, 4) is 5.75 Å². The standard InChI is InChI=1S/C13H17N3O3S/c1-3-14-13(20)16-15-9(2)10-5-4-6-11(7-10)19-8-12(17)18/h4-7H,3,8H2,1-2H3,(H,17,18)(H2,14,16,20)/b15-9-. The Kier molecular flexibility index (Phi) is 6.45. The summed E-state index contributed by atoms with van der Waals surface area (Å²) in [5, 5.41) is 16.1. The van der Waals surface area contributed by atoms with Gasteiger partial charge in [-0.25, -0.2) is 4.79 Å². The molecular weight excluding hydrogens is 278 g/mol. The maximum absolute atomic E-state index is 10.5. The third-order valence-corrected chi connectivity index (χ3v) is 2.51. The number of rotatable bonds is 6. The fraction of sp³-hybridized carbons (Fsp3) is 0.308. The Morgan fingerprint density at radius 3 is 2.90 bits per heavy atom. The number of nitrogens with one attached hydrogen (secondary N) is 2. The Morgan fingerprint density at radius 1 is 1.50 bits per heavy atom. The first kappa shape index (κ1) is 15.9. The van der Waals surface area contributed by atoms with Crippen LogP contribution in [-0.2, 0) is 4.79 Å². The van der Waals surface area contributed by atoms with Crippen molar-refractivity contribution >= 4 is 29.0 Å². The highest BCUT2D eigenvalue weighted by molar-refractivity contribution is 7.80. The molecule has 0 atom stereocenters. The van der Waals surface area contributed by atoms with Crippen LogP contribution in [0.4, 0.5) is 0 Å². The summed E-state index contributed by atoms with van der Waals surface area (Å²) in [7, 11) is 0. The third-order valence-electron chi connectivity index (χ3n) is 2.28. The first-order valence-corrected chi connectivity index (χ1v) is 6.47. The monoisotopic (exact) mass is 295 g/mol. The summed E-state index contributed by atoms with van der Waals surface area (Å²) in [6, 6.07) is 7.04. The maximum atomic E-state index is 10.5. The van der Waals surface area contributed by atoms with Gasteiger partial charge in [0.15, 0.2) is 11.7 Å². The van der Waals surface area contributed by atoms with Gasteiger partial charge in [0.05, 0.1) is 5.71 Å². The molecule has 6 nitrogen and oxygen atoms in total. The number of thiocarbonyl (C=S) groups is 1. The third kappa shape index (κ3) is 5.66. The van der Waals surface area contributed by atoms with E-state index in [0.29, 0.717) is 16.6 Å². The number of hydrazone groups is 1. The molecule has 0 amide bonds. The Bertz CT molecular complexity index is 517. The maximum Gasteiger partial charge on any atom is 0.341 e. The second-order valence-corrected chi connectivity index (χ2v) is 4.29. The summed E-state index contributed by atoms with van der Waals surface area (Å²) in [5.41, 5.74) is 4.26. The Labute approximate surface area is 122 Å². The topological polar surface area (TPSA) is 83.0 Å². The fourth-order valence-electron chi connectivity index (χ4n) is 1.36. The molecule has 0 heterocycles. The molecule has 1 rings (SSSR count). The van der Waals surface area contributed by atoms with Crippen LogP contribution in [0.25, 0.3) is 0 Å². The zero-order chi connectivity index (χ0) is 15.0. The molecule has 0 aliphatic carbocycles. The quantitative estimate of drug-likeness (QED) is 0.417. The van der Waals surface area contributed by atoms with Crippen molar-refractivity contribution in [2.75, 3.05) is 13.2 Å². The van der Waals surface area contributed by atoms with Crippen molar-refractivity contribution in [2.45, 2.75) is 13.8 Å². The molecule has 0 unspecified atom stereocenters. The van der Waals surface area contributed by atoms with Gasteiger partial charge in [-0.3, -0.25) is 5.43 Å². The number of nitrogens with zero attached hydrogens (tertiary/aromatic N) is 1. The lowest BCUT2D eigenvalue weighted by molar-refractivity contribution is -0.139. The summed E-state index contributed by atoms with van der Waals surface area (Å²) in [4.78, 5) is 10.5. The summed E-state index contributed by atoms with van der Waals surface area (Å²) in [6.45, 7) is 4.10. The van der Waals surface area contributed by atoms with E-state index in [1.165, 1.54) is 0 Å². The van der Waals surface area contributed by atoms with E-state index in [1.54, 1.807) is 18.2 Å². The lowest BCUT2D eigenvalue weighted by Gasteiger charge is -2.07. The average molecular weight is 295 g/mol. The molecule has 3 N–H and O–H groups in total. The van der Waals surface area contributed by atoms with Gasteiger partial charge in [0.25, 0.3) is 0 Å². The van der Waals surface area contributed by atoms with Gasteiger partial charge < -0.3 is 15.2 Å². The van der Waals surface area contributed by atoms with Gasteiger partial charge in [0.1, 0.15) is 5.75 Å². The lowest BCUT2D eigenvalue weighted by atomic mass is 10.1. The molecule has 20 heavy (non-hydrogen) atoms. The van der Waals surface area contributed by atoms with E-state index < -0.39 is 5.97 Å². The molecule has 0 spiro atoms. The first-order valence-electron chi connectivity index (χ1n) is 6.06. The highest BCUT2D eigenvalue weighted by Crippen LogP contribution is 2.13. The highest BCUT2D eigenvalue weighted by atomic mass is 32.1. The Morgan fingerprint density at radius 2 is 2.25 bits per heavy atom. The minimum absolute atomic E-state index is 0.373. The van der Waals surface area contributed by atoms with Crippen molar-refractivity contribution in [1.82, 2.24) is 10.7 Å². The molecule has 0 saturated heterocycles. The second-order valence-electron chi connectivity index (χ2n) is 3.88. The summed E-state index contributed by atoms with van der Waals surface area (Å²) < 4.78 is 5.11. The minimum Gasteiger partial charge on any atom is -0.482 e. The van der Waals surface area contributed by atoms with Gasteiger partial charge in [0.2, 0.25) is 0 Å². The Hall–Kier alpha value is -2.15. The molecule has 0 aromatic heterocycles. The smallest absolute Gasteiger partial charge is 0.341 e. The van der Waals surface area contributed by atoms with Crippen molar-refractivity contribution in [2.24, 2.45) is 5.10 Å². The van der Waals surface area contributed by atoms with Crippen LogP contribution in [0.5, 0.6) is 5.75 Å². The zero-order valence-electron chi connectivity index (χ0n) is 11.3. The van der Waals surface area contributed by atoms with Crippen LogP contribution in [0, 0.1) is 0 Å². The molecule has 0 saturated carbocycles. The van der Waals surface area contributed by atoms with Gasteiger partial charge in [-0.2, -0.15) is 5.10 Å². The first-order chi connectivity index (χ1) is 9.52. The molecule has 0 aliphatic rings. The molecule has 0 radical (unpaired) electrons. The molecular formula is C13H17N3O3S. The van der Waals surface area contributed by atoms with Gasteiger partial charge in [-0.15, -0.1) is 0 Å². The van der Waals surface area contributed by atoms with Crippen molar-refractivity contribution < 1.29 is 14.6 Å². The lowest BCUT2D eigenvalue weighted by Crippen LogP contribution is -2.32. The number of carboxylic acids is 1. The van der Waals surface area contributed by atoms with Crippen molar-refractivity contribution in [1.29, 1.82) is 0 Å². The summed E-state index contributed by atoms with van der Waals surface area (Å²) in [5.74, 6) is -0.535. The largest absolute Gasteiger partial charge is 0.482 e.